The molecular formula is C22H35F3OS. The summed E-state index contributed by atoms with van der Waals surface area (Å²) in [4.78, 5) is 0. The SMILES string of the molecule is COCCSCCCCCCCCCCCCc1ccc(C(F)(F)F)cc1. The van der Waals surface area contributed by atoms with E-state index in [0.717, 1.165) is 30.8 Å². The van der Waals surface area contributed by atoms with Crippen molar-refractivity contribution in [1.82, 2.24) is 0 Å². The van der Waals surface area contributed by atoms with Gasteiger partial charge in [-0.25, -0.2) is 0 Å². The topological polar surface area (TPSA) is 9.23 Å². The summed E-state index contributed by atoms with van der Waals surface area (Å²) in [6.07, 6.45) is 9.36. The molecule has 1 rings (SSSR count). The Morgan fingerprint density at radius 1 is 0.741 bits per heavy atom. The van der Waals surface area contributed by atoms with Crippen molar-refractivity contribution in [3.8, 4) is 0 Å². The van der Waals surface area contributed by atoms with Crippen LogP contribution in [-0.4, -0.2) is 25.2 Å². The molecule has 0 unspecified atom stereocenters. The number of methoxy groups -OCH3 is 1. The minimum absolute atomic E-state index is 0.559. The van der Waals surface area contributed by atoms with Gasteiger partial charge in [0.2, 0.25) is 0 Å². The second kappa shape index (κ2) is 15.3. The average Bonchev–Trinajstić information content (AvgIpc) is 2.64. The van der Waals surface area contributed by atoms with Crippen LogP contribution in [-0.2, 0) is 17.3 Å². The maximum Gasteiger partial charge on any atom is 0.416 e. The quantitative estimate of drug-likeness (QED) is 0.263. The van der Waals surface area contributed by atoms with E-state index in [1.807, 2.05) is 11.8 Å². The lowest BCUT2D eigenvalue weighted by Gasteiger charge is -2.07. The number of thioether (sulfide) groups is 1. The van der Waals surface area contributed by atoms with Crippen LogP contribution >= 0.6 is 11.8 Å². The fourth-order valence-electron chi connectivity index (χ4n) is 3.05. The number of benzene rings is 1. The van der Waals surface area contributed by atoms with E-state index in [-0.39, 0.29) is 0 Å². The predicted octanol–water partition coefficient (Wildman–Crippen LogP) is 7.53. The third kappa shape index (κ3) is 13.2. The first kappa shape index (κ1) is 24.4. The van der Waals surface area contributed by atoms with Gasteiger partial charge in [-0.3, -0.25) is 0 Å². The summed E-state index contributed by atoms with van der Waals surface area (Å²) in [7, 11) is 1.75. The standard InChI is InChI=1S/C22H35F3OS/c1-26-17-19-27-18-11-9-7-5-3-2-4-6-8-10-12-20-13-15-21(16-14-20)22(23,24)25/h13-16H,2-12,17-19H2,1H3. The molecule has 0 aliphatic carbocycles. The highest BCUT2D eigenvalue weighted by Gasteiger charge is 2.29. The number of unbranched alkanes of at least 4 members (excludes halogenated alkanes) is 9. The Labute approximate surface area is 167 Å². The molecule has 1 aromatic rings. The average molecular weight is 405 g/mol. The molecule has 0 radical (unpaired) electrons. The fraction of sp³-hybridized carbons (Fsp3) is 0.727. The van der Waals surface area contributed by atoms with Gasteiger partial charge in [0, 0.05) is 12.9 Å². The van der Waals surface area contributed by atoms with E-state index in [0.29, 0.717) is 0 Å². The summed E-state index contributed by atoms with van der Waals surface area (Å²) in [5, 5.41) is 0. The number of hydrogen-bond acceptors (Lipinski definition) is 2. The Kier molecular flexibility index (Phi) is 13.8. The Morgan fingerprint density at radius 3 is 1.78 bits per heavy atom. The molecule has 0 saturated carbocycles. The van der Waals surface area contributed by atoms with Crippen LogP contribution in [0, 0.1) is 0 Å². The predicted molar refractivity (Wildman–Crippen MR) is 111 cm³/mol. The van der Waals surface area contributed by atoms with Crippen LogP contribution in [0.3, 0.4) is 0 Å². The molecule has 0 aromatic heterocycles. The molecule has 1 nitrogen and oxygen atoms in total. The van der Waals surface area contributed by atoms with Gasteiger partial charge in [-0.2, -0.15) is 24.9 Å². The first-order chi connectivity index (χ1) is 13.0. The Bertz CT molecular complexity index is 460. The Morgan fingerprint density at radius 2 is 1.26 bits per heavy atom. The van der Waals surface area contributed by atoms with Crippen LogP contribution in [0.2, 0.25) is 0 Å². The molecular weight excluding hydrogens is 369 g/mol. The van der Waals surface area contributed by atoms with Crippen LogP contribution in [0.25, 0.3) is 0 Å². The van der Waals surface area contributed by atoms with E-state index < -0.39 is 11.7 Å². The Balaban J connectivity index is 1.87. The van der Waals surface area contributed by atoms with Gasteiger partial charge in [-0.15, -0.1) is 0 Å². The number of halogens is 3. The summed E-state index contributed by atoms with van der Waals surface area (Å²) in [5.41, 5.74) is 0.444. The van der Waals surface area contributed by atoms with Crippen molar-refractivity contribution in [2.45, 2.75) is 76.8 Å². The minimum atomic E-state index is -4.23. The Hall–Kier alpha value is -0.680. The molecule has 0 amide bonds. The van der Waals surface area contributed by atoms with E-state index in [2.05, 4.69) is 0 Å². The van der Waals surface area contributed by atoms with Gasteiger partial charge in [-0.1, -0.05) is 63.5 Å². The van der Waals surface area contributed by atoms with Gasteiger partial charge in [-0.05, 0) is 42.7 Å². The highest BCUT2D eigenvalue weighted by atomic mass is 32.2. The zero-order chi connectivity index (χ0) is 19.8. The lowest BCUT2D eigenvalue weighted by atomic mass is 10.0. The van der Waals surface area contributed by atoms with Gasteiger partial charge in [0.1, 0.15) is 0 Å². The van der Waals surface area contributed by atoms with Gasteiger partial charge < -0.3 is 4.74 Å². The highest BCUT2D eigenvalue weighted by molar-refractivity contribution is 7.99. The number of aryl methyl sites for hydroxylation is 1. The molecule has 0 N–H and O–H groups in total. The molecule has 0 fully saturated rings. The van der Waals surface area contributed by atoms with Crippen LogP contribution < -0.4 is 0 Å². The summed E-state index contributed by atoms with van der Waals surface area (Å²) in [5.74, 6) is 2.36. The molecule has 0 atom stereocenters. The molecule has 0 aliphatic heterocycles. The summed E-state index contributed by atoms with van der Waals surface area (Å²) >= 11 is 1.98. The zero-order valence-corrected chi connectivity index (χ0v) is 17.5. The fourth-order valence-corrected chi connectivity index (χ4v) is 3.95. The van der Waals surface area contributed by atoms with Crippen LogP contribution in [0.4, 0.5) is 13.2 Å². The maximum absolute atomic E-state index is 12.5. The van der Waals surface area contributed by atoms with Crippen molar-refractivity contribution < 1.29 is 17.9 Å². The van der Waals surface area contributed by atoms with Crippen molar-refractivity contribution in [2.75, 3.05) is 25.2 Å². The van der Waals surface area contributed by atoms with Crippen molar-refractivity contribution in [1.29, 1.82) is 0 Å². The van der Waals surface area contributed by atoms with Gasteiger partial charge >= 0.3 is 6.18 Å². The van der Waals surface area contributed by atoms with Crippen LogP contribution in [0.5, 0.6) is 0 Å². The molecule has 0 heterocycles. The lowest BCUT2D eigenvalue weighted by Crippen LogP contribution is -2.04. The van der Waals surface area contributed by atoms with Crippen molar-refractivity contribution in [3.63, 3.8) is 0 Å². The van der Waals surface area contributed by atoms with E-state index in [1.54, 1.807) is 19.2 Å². The van der Waals surface area contributed by atoms with Crippen LogP contribution in [0.1, 0.15) is 75.3 Å². The van der Waals surface area contributed by atoms with Gasteiger partial charge in [0.05, 0.1) is 12.2 Å². The highest BCUT2D eigenvalue weighted by Crippen LogP contribution is 2.29. The third-order valence-corrected chi connectivity index (χ3v) is 5.75. The lowest BCUT2D eigenvalue weighted by molar-refractivity contribution is -0.137. The molecule has 0 bridgehead atoms. The molecule has 0 aliphatic rings. The largest absolute Gasteiger partial charge is 0.416 e. The summed E-state index contributed by atoms with van der Waals surface area (Å²) < 4.78 is 42.6. The molecule has 1 aromatic carbocycles. The van der Waals surface area contributed by atoms with Crippen molar-refractivity contribution in [2.24, 2.45) is 0 Å². The van der Waals surface area contributed by atoms with Crippen LogP contribution in [0.15, 0.2) is 24.3 Å². The molecule has 156 valence electrons. The number of rotatable bonds is 16. The monoisotopic (exact) mass is 404 g/mol. The van der Waals surface area contributed by atoms with Gasteiger partial charge in [0.15, 0.2) is 0 Å². The third-order valence-electron chi connectivity index (χ3n) is 4.72. The number of hydrogen-bond donors (Lipinski definition) is 0. The second-order valence-corrected chi connectivity index (χ2v) is 8.31. The summed E-state index contributed by atoms with van der Waals surface area (Å²) in [6.45, 7) is 0.856. The molecule has 0 spiro atoms. The second-order valence-electron chi connectivity index (χ2n) is 7.09. The minimum Gasteiger partial charge on any atom is -0.384 e. The van der Waals surface area contributed by atoms with E-state index in [9.17, 15) is 13.2 Å². The maximum atomic E-state index is 12.5. The number of ether oxygens (including phenoxy) is 1. The number of alkyl halides is 3. The molecule has 27 heavy (non-hydrogen) atoms. The van der Waals surface area contributed by atoms with Crippen molar-refractivity contribution >= 4 is 11.8 Å². The normalized spacial score (nSPS) is 11.9. The first-order valence-corrected chi connectivity index (χ1v) is 11.4. The van der Waals surface area contributed by atoms with Gasteiger partial charge in [0.25, 0.3) is 0 Å². The van der Waals surface area contributed by atoms with E-state index in [1.165, 1.54) is 75.7 Å². The zero-order valence-electron chi connectivity index (χ0n) is 16.7. The summed E-state index contributed by atoms with van der Waals surface area (Å²) in [6, 6.07) is 5.60. The molecule has 0 saturated heterocycles. The van der Waals surface area contributed by atoms with E-state index >= 15 is 0 Å². The molecule has 5 heteroatoms. The van der Waals surface area contributed by atoms with E-state index in [4.69, 9.17) is 4.74 Å². The first-order valence-electron chi connectivity index (χ1n) is 10.3. The smallest absolute Gasteiger partial charge is 0.384 e. The van der Waals surface area contributed by atoms with Crippen molar-refractivity contribution in [3.05, 3.63) is 35.4 Å².